The van der Waals surface area contributed by atoms with E-state index in [1.807, 2.05) is 7.05 Å². The Hall–Kier alpha value is -1.63. The molecule has 1 fully saturated rings. The van der Waals surface area contributed by atoms with Crippen molar-refractivity contribution < 1.29 is 4.74 Å². The molecule has 0 aliphatic carbocycles. The number of guanidine groups is 1. The van der Waals surface area contributed by atoms with Crippen molar-refractivity contribution in [2.24, 2.45) is 4.99 Å². The third kappa shape index (κ3) is 7.87. The second-order valence-electron chi connectivity index (χ2n) is 7.20. The first-order valence-electron chi connectivity index (χ1n) is 10.2. The van der Waals surface area contributed by atoms with Crippen LogP contribution in [0.5, 0.6) is 0 Å². The second kappa shape index (κ2) is 12.7. The van der Waals surface area contributed by atoms with Crippen LogP contribution in [0.4, 0.5) is 0 Å². The molecule has 6 heteroatoms. The molecule has 0 amide bonds. The number of benzene rings is 1. The van der Waals surface area contributed by atoms with Gasteiger partial charge in [-0.1, -0.05) is 30.3 Å². The van der Waals surface area contributed by atoms with Gasteiger partial charge in [0.1, 0.15) is 0 Å². The number of methoxy groups -OCH3 is 1. The van der Waals surface area contributed by atoms with E-state index in [2.05, 4.69) is 62.8 Å². The number of aliphatic imine (C=N–C) groups is 1. The largest absolute Gasteiger partial charge is 0.385 e. The molecule has 1 unspecified atom stereocenters. The van der Waals surface area contributed by atoms with E-state index in [1.54, 1.807) is 7.11 Å². The molecule has 0 spiro atoms. The summed E-state index contributed by atoms with van der Waals surface area (Å²) in [6.45, 7) is 6.96. The number of likely N-dealkylation sites (tertiary alicyclic amines) is 1. The van der Waals surface area contributed by atoms with E-state index < -0.39 is 0 Å². The summed E-state index contributed by atoms with van der Waals surface area (Å²) in [5.74, 6) is 0.875. The maximum absolute atomic E-state index is 5.11. The van der Waals surface area contributed by atoms with Gasteiger partial charge in [0.05, 0.1) is 6.04 Å². The third-order valence-electron chi connectivity index (χ3n) is 5.13. The van der Waals surface area contributed by atoms with Gasteiger partial charge in [-0.05, 0) is 45.0 Å². The van der Waals surface area contributed by atoms with Crippen LogP contribution in [-0.4, -0.2) is 82.8 Å². The summed E-state index contributed by atoms with van der Waals surface area (Å²) in [5, 5.41) is 6.97. The average molecular weight is 376 g/mol. The van der Waals surface area contributed by atoms with E-state index in [-0.39, 0.29) is 0 Å². The molecule has 152 valence electrons. The van der Waals surface area contributed by atoms with Crippen LogP contribution in [0.1, 0.15) is 30.9 Å². The van der Waals surface area contributed by atoms with Crippen molar-refractivity contribution >= 4 is 5.96 Å². The number of nitrogens with zero attached hydrogens (tertiary/aromatic N) is 3. The summed E-state index contributed by atoms with van der Waals surface area (Å²) in [4.78, 5) is 9.29. The first-order valence-corrected chi connectivity index (χ1v) is 10.2. The SMILES string of the molecule is CN=C(NCCN(C)CCCOC)NCC(c1ccccc1)N1CCCC1. The monoisotopic (exact) mass is 375 g/mol. The van der Waals surface area contributed by atoms with Crippen LogP contribution in [0.2, 0.25) is 0 Å². The molecular formula is C21H37N5O. The summed E-state index contributed by atoms with van der Waals surface area (Å²) >= 11 is 0. The van der Waals surface area contributed by atoms with E-state index in [1.165, 1.54) is 31.5 Å². The van der Waals surface area contributed by atoms with Gasteiger partial charge in [0.15, 0.2) is 5.96 Å². The molecule has 1 atom stereocenters. The maximum atomic E-state index is 5.11. The quantitative estimate of drug-likeness (QED) is 0.352. The summed E-state index contributed by atoms with van der Waals surface area (Å²) < 4.78 is 5.11. The Balaban J connectivity index is 1.78. The number of hydrogen-bond donors (Lipinski definition) is 2. The lowest BCUT2D eigenvalue weighted by Crippen LogP contribution is -2.44. The predicted octanol–water partition coefficient (Wildman–Crippen LogP) is 1.96. The zero-order valence-corrected chi connectivity index (χ0v) is 17.3. The zero-order valence-electron chi connectivity index (χ0n) is 17.3. The van der Waals surface area contributed by atoms with E-state index in [0.29, 0.717) is 6.04 Å². The standard InChI is InChI=1S/C21H37N5O/c1-22-21(23-12-16-25(2)13-9-17-27-3)24-18-20(26-14-7-8-15-26)19-10-5-4-6-11-19/h4-6,10-11,20H,7-9,12-18H2,1-3H3,(H2,22,23,24). The highest BCUT2D eigenvalue weighted by atomic mass is 16.5. The van der Waals surface area contributed by atoms with Crippen LogP contribution in [0.15, 0.2) is 35.3 Å². The Labute approximate surface area is 165 Å². The van der Waals surface area contributed by atoms with E-state index >= 15 is 0 Å². The molecule has 1 saturated heterocycles. The Morgan fingerprint density at radius 3 is 2.59 bits per heavy atom. The lowest BCUT2D eigenvalue weighted by Gasteiger charge is -2.29. The maximum Gasteiger partial charge on any atom is 0.191 e. The van der Waals surface area contributed by atoms with Gasteiger partial charge < -0.3 is 20.3 Å². The Morgan fingerprint density at radius 1 is 1.19 bits per heavy atom. The fourth-order valence-corrected chi connectivity index (χ4v) is 3.56. The van der Waals surface area contributed by atoms with Crippen molar-refractivity contribution in [1.82, 2.24) is 20.4 Å². The fraction of sp³-hybridized carbons (Fsp3) is 0.667. The Morgan fingerprint density at radius 2 is 1.93 bits per heavy atom. The molecule has 6 nitrogen and oxygen atoms in total. The van der Waals surface area contributed by atoms with Crippen molar-refractivity contribution in [3.8, 4) is 0 Å². The highest BCUT2D eigenvalue weighted by Crippen LogP contribution is 2.24. The molecule has 0 bridgehead atoms. The molecule has 1 aliphatic rings. The van der Waals surface area contributed by atoms with Crippen molar-refractivity contribution in [3.05, 3.63) is 35.9 Å². The van der Waals surface area contributed by atoms with Crippen molar-refractivity contribution in [1.29, 1.82) is 0 Å². The lowest BCUT2D eigenvalue weighted by molar-refractivity contribution is 0.180. The molecule has 27 heavy (non-hydrogen) atoms. The van der Waals surface area contributed by atoms with Crippen LogP contribution in [0.25, 0.3) is 0 Å². The van der Waals surface area contributed by atoms with Crippen LogP contribution >= 0.6 is 0 Å². The van der Waals surface area contributed by atoms with E-state index in [9.17, 15) is 0 Å². The first kappa shape index (κ1) is 21.7. The van der Waals surface area contributed by atoms with Crippen molar-refractivity contribution in [3.63, 3.8) is 0 Å². The van der Waals surface area contributed by atoms with Crippen LogP contribution in [0.3, 0.4) is 0 Å². The van der Waals surface area contributed by atoms with Gasteiger partial charge in [-0.2, -0.15) is 0 Å². The van der Waals surface area contributed by atoms with Gasteiger partial charge in [-0.15, -0.1) is 0 Å². The molecule has 1 aromatic rings. The molecule has 1 heterocycles. The molecule has 0 saturated carbocycles. The molecule has 1 aromatic carbocycles. The van der Waals surface area contributed by atoms with Crippen LogP contribution in [0, 0.1) is 0 Å². The van der Waals surface area contributed by atoms with E-state index in [4.69, 9.17) is 4.74 Å². The van der Waals surface area contributed by atoms with Gasteiger partial charge >= 0.3 is 0 Å². The predicted molar refractivity (Wildman–Crippen MR) is 113 cm³/mol. The molecule has 2 N–H and O–H groups in total. The molecule has 0 aromatic heterocycles. The van der Waals surface area contributed by atoms with Gasteiger partial charge in [-0.25, -0.2) is 0 Å². The molecule has 2 rings (SSSR count). The molecular weight excluding hydrogens is 338 g/mol. The Bertz CT molecular complexity index is 531. The number of nitrogens with one attached hydrogen (secondary N) is 2. The highest BCUT2D eigenvalue weighted by Gasteiger charge is 2.23. The van der Waals surface area contributed by atoms with Gasteiger partial charge in [0, 0.05) is 46.9 Å². The smallest absolute Gasteiger partial charge is 0.191 e. The number of rotatable bonds is 11. The molecule has 1 aliphatic heterocycles. The Kier molecular flexibility index (Phi) is 10.2. The summed E-state index contributed by atoms with van der Waals surface area (Å²) in [7, 11) is 5.74. The van der Waals surface area contributed by atoms with Crippen LogP contribution < -0.4 is 10.6 Å². The average Bonchev–Trinajstić information content (AvgIpc) is 3.22. The topological polar surface area (TPSA) is 52.1 Å². The highest BCUT2D eigenvalue weighted by molar-refractivity contribution is 5.79. The number of ether oxygens (including phenoxy) is 1. The van der Waals surface area contributed by atoms with Crippen molar-refractivity contribution in [2.75, 3.05) is 67.1 Å². The van der Waals surface area contributed by atoms with E-state index in [0.717, 1.165) is 45.2 Å². The normalized spacial score (nSPS) is 16.7. The fourth-order valence-electron chi connectivity index (χ4n) is 3.56. The number of hydrogen-bond acceptors (Lipinski definition) is 4. The minimum atomic E-state index is 0.393. The van der Waals surface area contributed by atoms with Crippen LogP contribution in [-0.2, 0) is 4.74 Å². The van der Waals surface area contributed by atoms with Gasteiger partial charge in [-0.3, -0.25) is 9.89 Å². The number of likely N-dealkylation sites (N-methyl/N-ethyl adjacent to an activating group) is 1. The van der Waals surface area contributed by atoms with Gasteiger partial charge in [0.25, 0.3) is 0 Å². The summed E-state index contributed by atoms with van der Waals surface area (Å²) in [6, 6.07) is 11.2. The first-order chi connectivity index (χ1) is 13.2. The summed E-state index contributed by atoms with van der Waals surface area (Å²) in [5.41, 5.74) is 1.38. The lowest BCUT2D eigenvalue weighted by atomic mass is 10.1. The van der Waals surface area contributed by atoms with Gasteiger partial charge in [0.2, 0.25) is 0 Å². The second-order valence-corrected chi connectivity index (χ2v) is 7.20. The zero-order chi connectivity index (χ0) is 19.3. The van der Waals surface area contributed by atoms with Crippen molar-refractivity contribution in [2.45, 2.75) is 25.3 Å². The summed E-state index contributed by atoms with van der Waals surface area (Å²) in [6.07, 6.45) is 3.66. The third-order valence-corrected chi connectivity index (χ3v) is 5.13. The minimum Gasteiger partial charge on any atom is -0.385 e. The minimum absolute atomic E-state index is 0.393. The molecule has 0 radical (unpaired) electrons.